The number of benzene rings is 2. The molecule has 20 heavy (non-hydrogen) atoms. The molecule has 0 aliphatic carbocycles. The molecular weight excluding hydrogens is 272 g/mol. The van der Waals surface area contributed by atoms with Gasteiger partial charge >= 0.3 is 0 Å². The van der Waals surface area contributed by atoms with Gasteiger partial charge in [-0.05, 0) is 36.0 Å². The van der Waals surface area contributed by atoms with E-state index >= 15 is 0 Å². The van der Waals surface area contributed by atoms with Crippen LogP contribution in [-0.4, -0.2) is 13.0 Å². The average molecular weight is 290 g/mol. The third-order valence-corrected chi connectivity index (χ3v) is 4.43. The summed E-state index contributed by atoms with van der Waals surface area (Å²) in [5.74, 6) is 0.235. The quantitative estimate of drug-likeness (QED) is 0.855. The normalized spacial score (nSPS) is 13.1. The van der Waals surface area contributed by atoms with Gasteiger partial charge in [-0.25, -0.2) is 0 Å². The first kappa shape index (κ1) is 14.8. The summed E-state index contributed by atoms with van der Waals surface area (Å²) in [5, 5.41) is 0. The SMILES string of the molecule is CCC(Cc1ccccc1S(=O)(=O)O)c1ccccc1. The van der Waals surface area contributed by atoms with E-state index in [0.717, 1.165) is 6.42 Å². The minimum Gasteiger partial charge on any atom is -0.282 e. The maximum atomic E-state index is 11.4. The van der Waals surface area contributed by atoms with E-state index in [9.17, 15) is 13.0 Å². The van der Waals surface area contributed by atoms with Gasteiger partial charge in [0.05, 0.1) is 4.90 Å². The van der Waals surface area contributed by atoms with E-state index in [-0.39, 0.29) is 10.8 Å². The number of rotatable bonds is 5. The van der Waals surface area contributed by atoms with Crippen LogP contribution in [0.3, 0.4) is 0 Å². The molecule has 0 spiro atoms. The maximum absolute atomic E-state index is 11.4. The fourth-order valence-corrected chi connectivity index (χ4v) is 3.15. The largest absolute Gasteiger partial charge is 0.294 e. The summed E-state index contributed by atoms with van der Waals surface area (Å²) in [7, 11) is -4.17. The molecule has 1 N–H and O–H groups in total. The van der Waals surface area contributed by atoms with Crippen LogP contribution in [0.15, 0.2) is 59.5 Å². The molecule has 4 heteroatoms. The molecule has 0 fully saturated rings. The molecule has 2 aromatic carbocycles. The Balaban J connectivity index is 2.34. The first-order valence-corrected chi connectivity index (χ1v) is 8.06. The Morgan fingerprint density at radius 2 is 1.60 bits per heavy atom. The fourth-order valence-electron chi connectivity index (χ4n) is 2.41. The van der Waals surface area contributed by atoms with E-state index in [0.29, 0.717) is 12.0 Å². The Kier molecular flexibility index (Phi) is 4.57. The average Bonchev–Trinajstić information content (AvgIpc) is 2.45. The van der Waals surface area contributed by atoms with Gasteiger partial charge in [0.15, 0.2) is 0 Å². The topological polar surface area (TPSA) is 54.4 Å². The van der Waals surface area contributed by atoms with Crippen LogP contribution in [0.4, 0.5) is 0 Å². The standard InChI is InChI=1S/C16H18O3S/c1-2-13(14-8-4-3-5-9-14)12-15-10-6-7-11-16(15)20(17,18)19/h3-11,13H,2,12H2,1H3,(H,17,18,19). The summed E-state index contributed by atoms with van der Waals surface area (Å²) >= 11 is 0. The Bertz CT molecular complexity index is 663. The van der Waals surface area contributed by atoms with Crippen molar-refractivity contribution in [3.05, 3.63) is 65.7 Å². The fraction of sp³-hybridized carbons (Fsp3) is 0.250. The molecule has 0 amide bonds. The second-order valence-corrected chi connectivity index (χ2v) is 6.19. The molecule has 0 bridgehead atoms. The van der Waals surface area contributed by atoms with Gasteiger partial charge in [0.25, 0.3) is 10.1 Å². The van der Waals surface area contributed by atoms with Crippen LogP contribution in [-0.2, 0) is 16.5 Å². The first-order valence-electron chi connectivity index (χ1n) is 6.62. The summed E-state index contributed by atoms with van der Waals surface area (Å²) in [4.78, 5) is 0.00869. The maximum Gasteiger partial charge on any atom is 0.294 e. The second kappa shape index (κ2) is 6.20. The van der Waals surface area contributed by atoms with Gasteiger partial charge in [-0.1, -0.05) is 55.5 Å². The van der Waals surface area contributed by atoms with Gasteiger partial charge in [0.1, 0.15) is 0 Å². The summed E-state index contributed by atoms with van der Waals surface area (Å²) in [6, 6.07) is 16.6. The molecule has 1 atom stereocenters. The molecule has 0 saturated heterocycles. The van der Waals surface area contributed by atoms with Crippen LogP contribution in [0, 0.1) is 0 Å². The third kappa shape index (κ3) is 3.46. The zero-order valence-electron chi connectivity index (χ0n) is 11.4. The predicted molar refractivity (Wildman–Crippen MR) is 79.4 cm³/mol. The zero-order valence-corrected chi connectivity index (χ0v) is 12.2. The summed E-state index contributed by atoms with van der Waals surface area (Å²) in [5.41, 5.74) is 1.84. The van der Waals surface area contributed by atoms with Crippen molar-refractivity contribution in [2.75, 3.05) is 0 Å². The lowest BCUT2D eigenvalue weighted by Crippen LogP contribution is -2.07. The highest BCUT2D eigenvalue weighted by Gasteiger charge is 2.18. The Morgan fingerprint density at radius 3 is 2.20 bits per heavy atom. The minimum absolute atomic E-state index is 0.00869. The highest BCUT2D eigenvalue weighted by molar-refractivity contribution is 7.85. The van der Waals surface area contributed by atoms with Crippen molar-refractivity contribution in [2.24, 2.45) is 0 Å². The lowest BCUT2D eigenvalue weighted by Gasteiger charge is -2.17. The summed E-state index contributed by atoms with van der Waals surface area (Å²) < 4.78 is 32.1. The Morgan fingerprint density at radius 1 is 1.00 bits per heavy atom. The van der Waals surface area contributed by atoms with E-state index in [1.54, 1.807) is 18.2 Å². The van der Waals surface area contributed by atoms with Crippen LogP contribution < -0.4 is 0 Å². The van der Waals surface area contributed by atoms with Crippen LogP contribution in [0.5, 0.6) is 0 Å². The van der Waals surface area contributed by atoms with Gasteiger partial charge in [0.2, 0.25) is 0 Å². The van der Waals surface area contributed by atoms with Crippen molar-refractivity contribution in [3.8, 4) is 0 Å². The Hall–Kier alpha value is -1.65. The van der Waals surface area contributed by atoms with E-state index in [4.69, 9.17) is 0 Å². The van der Waals surface area contributed by atoms with Gasteiger partial charge in [-0.3, -0.25) is 4.55 Å². The van der Waals surface area contributed by atoms with Crippen LogP contribution >= 0.6 is 0 Å². The van der Waals surface area contributed by atoms with Crippen molar-refractivity contribution in [1.82, 2.24) is 0 Å². The molecule has 2 rings (SSSR count). The van der Waals surface area contributed by atoms with Gasteiger partial charge in [-0.15, -0.1) is 0 Å². The second-order valence-electron chi connectivity index (χ2n) is 4.80. The van der Waals surface area contributed by atoms with Gasteiger partial charge in [-0.2, -0.15) is 8.42 Å². The number of hydrogen-bond acceptors (Lipinski definition) is 2. The Labute approximate surface area is 120 Å². The molecule has 0 aromatic heterocycles. The van der Waals surface area contributed by atoms with Gasteiger partial charge < -0.3 is 0 Å². The molecule has 1 unspecified atom stereocenters. The first-order chi connectivity index (χ1) is 9.52. The molecule has 2 aromatic rings. The molecule has 106 valence electrons. The summed E-state index contributed by atoms with van der Waals surface area (Å²) in [6.07, 6.45) is 1.50. The summed E-state index contributed by atoms with van der Waals surface area (Å²) in [6.45, 7) is 2.08. The van der Waals surface area contributed by atoms with Crippen molar-refractivity contribution >= 4 is 10.1 Å². The highest BCUT2D eigenvalue weighted by Crippen LogP contribution is 2.27. The number of hydrogen-bond donors (Lipinski definition) is 1. The van der Waals surface area contributed by atoms with Crippen molar-refractivity contribution in [3.63, 3.8) is 0 Å². The molecular formula is C16H18O3S. The van der Waals surface area contributed by atoms with Crippen molar-refractivity contribution in [2.45, 2.75) is 30.6 Å². The molecule has 0 radical (unpaired) electrons. The lowest BCUT2D eigenvalue weighted by molar-refractivity contribution is 0.481. The van der Waals surface area contributed by atoms with Crippen LogP contribution in [0.1, 0.15) is 30.4 Å². The van der Waals surface area contributed by atoms with E-state index < -0.39 is 10.1 Å². The minimum atomic E-state index is -4.17. The monoisotopic (exact) mass is 290 g/mol. The van der Waals surface area contributed by atoms with Crippen molar-refractivity contribution in [1.29, 1.82) is 0 Å². The van der Waals surface area contributed by atoms with Crippen molar-refractivity contribution < 1.29 is 13.0 Å². The van der Waals surface area contributed by atoms with Crippen LogP contribution in [0.25, 0.3) is 0 Å². The van der Waals surface area contributed by atoms with Gasteiger partial charge in [0, 0.05) is 0 Å². The lowest BCUT2D eigenvalue weighted by atomic mass is 9.90. The molecule has 0 aliphatic rings. The molecule has 0 heterocycles. The molecule has 3 nitrogen and oxygen atoms in total. The molecule has 0 aliphatic heterocycles. The van der Waals surface area contributed by atoms with Crippen LogP contribution in [0.2, 0.25) is 0 Å². The molecule has 0 saturated carbocycles. The third-order valence-electron chi connectivity index (χ3n) is 3.48. The smallest absolute Gasteiger partial charge is 0.282 e. The van der Waals surface area contributed by atoms with E-state index in [2.05, 4.69) is 6.92 Å². The van der Waals surface area contributed by atoms with E-state index in [1.165, 1.54) is 11.6 Å². The predicted octanol–water partition coefficient (Wildman–Crippen LogP) is 3.67. The highest BCUT2D eigenvalue weighted by atomic mass is 32.2. The zero-order chi connectivity index (χ0) is 14.6. The van der Waals surface area contributed by atoms with E-state index in [1.807, 2.05) is 30.3 Å².